The second-order valence-corrected chi connectivity index (χ2v) is 9.03. The first-order chi connectivity index (χ1) is 14.7. The van der Waals surface area contributed by atoms with Crippen LogP contribution in [0.2, 0.25) is 0 Å². The predicted molar refractivity (Wildman–Crippen MR) is 117 cm³/mol. The Morgan fingerprint density at radius 3 is 2.45 bits per heavy atom. The van der Waals surface area contributed by atoms with Crippen LogP contribution in [0.3, 0.4) is 0 Å². The molecule has 1 amide bonds. The normalized spacial score (nSPS) is 11.2. The smallest absolute Gasteiger partial charge is 0.232 e. The molecule has 0 saturated carbocycles. The minimum absolute atomic E-state index is 0.0561. The molecule has 0 fully saturated rings. The van der Waals surface area contributed by atoms with E-state index in [1.54, 1.807) is 0 Å². The molecule has 31 heavy (non-hydrogen) atoms. The summed E-state index contributed by atoms with van der Waals surface area (Å²) in [4.78, 5) is 12.0. The van der Waals surface area contributed by atoms with Gasteiger partial charge in [0.2, 0.25) is 15.9 Å². The molecule has 0 aliphatic carbocycles. The van der Waals surface area contributed by atoms with Crippen molar-refractivity contribution in [2.45, 2.75) is 32.6 Å². The SMILES string of the molecule is CCCc1ccc(OCCNC(=O)CCCN(c2ccc(F)cc2F)S(C)(=O)=O)cc1. The Labute approximate surface area is 182 Å². The van der Waals surface area contributed by atoms with Crippen LogP contribution in [0.25, 0.3) is 0 Å². The average Bonchev–Trinajstić information content (AvgIpc) is 2.70. The summed E-state index contributed by atoms with van der Waals surface area (Å²) in [5.41, 5.74) is 0.995. The highest BCUT2D eigenvalue weighted by Gasteiger charge is 2.21. The van der Waals surface area contributed by atoms with Crippen molar-refractivity contribution < 1.29 is 26.7 Å². The maximum absolute atomic E-state index is 14.0. The number of rotatable bonds is 12. The lowest BCUT2D eigenvalue weighted by molar-refractivity contribution is -0.121. The van der Waals surface area contributed by atoms with E-state index in [0.29, 0.717) is 19.2 Å². The van der Waals surface area contributed by atoms with Gasteiger partial charge in [0, 0.05) is 19.0 Å². The lowest BCUT2D eigenvalue weighted by atomic mass is 10.1. The highest BCUT2D eigenvalue weighted by atomic mass is 32.2. The van der Waals surface area contributed by atoms with Gasteiger partial charge in [0.1, 0.15) is 24.0 Å². The highest BCUT2D eigenvalue weighted by Crippen LogP contribution is 2.23. The Bertz CT molecular complexity index is 966. The standard InChI is InChI=1S/C22H28F2N2O4S/c1-3-5-17-7-10-19(11-8-17)30-15-13-25-22(27)6-4-14-26(31(2,28)29)21-12-9-18(23)16-20(21)24/h7-12,16H,3-6,13-15H2,1-2H3,(H,25,27). The fourth-order valence-electron chi connectivity index (χ4n) is 3.02. The molecular formula is C22H28F2N2O4S. The minimum atomic E-state index is -3.79. The third kappa shape index (κ3) is 8.16. The first kappa shape index (κ1) is 24.6. The molecule has 2 aromatic rings. The quantitative estimate of drug-likeness (QED) is 0.497. The van der Waals surface area contributed by atoms with E-state index in [1.165, 1.54) is 5.56 Å². The number of aryl methyl sites for hydroxylation is 1. The average molecular weight is 455 g/mol. The van der Waals surface area contributed by atoms with E-state index in [4.69, 9.17) is 4.74 Å². The number of nitrogens with one attached hydrogen (secondary N) is 1. The lowest BCUT2D eigenvalue weighted by Gasteiger charge is -2.22. The molecule has 0 saturated heterocycles. The fraction of sp³-hybridized carbons (Fsp3) is 0.409. The van der Waals surface area contributed by atoms with Gasteiger partial charge >= 0.3 is 0 Å². The molecule has 0 heterocycles. The molecule has 0 bridgehead atoms. The summed E-state index contributed by atoms with van der Waals surface area (Å²) in [5, 5.41) is 2.70. The second kappa shape index (κ2) is 11.6. The zero-order valence-electron chi connectivity index (χ0n) is 17.7. The van der Waals surface area contributed by atoms with Crippen molar-refractivity contribution in [2.24, 2.45) is 0 Å². The predicted octanol–water partition coefficient (Wildman–Crippen LogP) is 3.66. The van der Waals surface area contributed by atoms with Crippen LogP contribution in [-0.2, 0) is 21.2 Å². The fourth-order valence-corrected chi connectivity index (χ4v) is 3.99. The molecule has 0 atom stereocenters. The highest BCUT2D eigenvalue weighted by molar-refractivity contribution is 7.92. The van der Waals surface area contributed by atoms with Crippen LogP contribution in [0.1, 0.15) is 31.7 Å². The number of anilines is 1. The first-order valence-corrected chi connectivity index (χ1v) is 12.0. The maximum atomic E-state index is 14.0. The number of amides is 1. The molecule has 6 nitrogen and oxygen atoms in total. The molecule has 0 unspecified atom stereocenters. The molecule has 1 N–H and O–H groups in total. The Morgan fingerprint density at radius 2 is 1.84 bits per heavy atom. The topological polar surface area (TPSA) is 75.7 Å². The largest absolute Gasteiger partial charge is 0.492 e. The van der Waals surface area contributed by atoms with Crippen LogP contribution in [0.5, 0.6) is 5.75 Å². The van der Waals surface area contributed by atoms with Crippen molar-refractivity contribution in [3.63, 3.8) is 0 Å². The number of nitrogens with zero attached hydrogens (tertiary/aromatic N) is 1. The van der Waals surface area contributed by atoms with Crippen LogP contribution >= 0.6 is 0 Å². The van der Waals surface area contributed by atoms with E-state index in [-0.39, 0.29) is 31.0 Å². The maximum Gasteiger partial charge on any atom is 0.232 e. The Morgan fingerprint density at radius 1 is 1.13 bits per heavy atom. The number of hydrogen-bond donors (Lipinski definition) is 1. The summed E-state index contributed by atoms with van der Waals surface area (Å²) in [6.45, 7) is 2.62. The van der Waals surface area contributed by atoms with E-state index < -0.39 is 21.7 Å². The zero-order chi connectivity index (χ0) is 22.9. The first-order valence-electron chi connectivity index (χ1n) is 10.1. The monoisotopic (exact) mass is 454 g/mol. The molecular weight excluding hydrogens is 426 g/mol. The lowest BCUT2D eigenvalue weighted by Crippen LogP contribution is -2.33. The molecule has 0 aliphatic rings. The molecule has 2 aromatic carbocycles. The van der Waals surface area contributed by atoms with E-state index in [1.807, 2.05) is 24.3 Å². The Kier molecular flexibility index (Phi) is 9.23. The number of hydrogen-bond acceptors (Lipinski definition) is 4. The van der Waals surface area contributed by atoms with Crippen molar-refractivity contribution in [3.8, 4) is 5.75 Å². The van der Waals surface area contributed by atoms with Crippen molar-refractivity contribution in [3.05, 3.63) is 59.7 Å². The van der Waals surface area contributed by atoms with E-state index >= 15 is 0 Å². The third-order valence-corrected chi connectivity index (χ3v) is 5.68. The van der Waals surface area contributed by atoms with Gasteiger partial charge in [-0.25, -0.2) is 17.2 Å². The number of sulfonamides is 1. The van der Waals surface area contributed by atoms with Gasteiger partial charge < -0.3 is 10.1 Å². The number of carbonyl (C=O) groups excluding carboxylic acids is 1. The molecule has 0 radical (unpaired) electrons. The Hall–Kier alpha value is -2.68. The molecule has 0 aromatic heterocycles. The molecule has 170 valence electrons. The molecule has 9 heteroatoms. The van der Waals surface area contributed by atoms with Gasteiger partial charge in [0.05, 0.1) is 18.5 Å². The molecule has 0 spiro atoms. The third-order valence-electron chi connectivity index (χ3n) is 4.50. The van der Waals surface area contributed by atoms with Crippen LogP contribution < -0.4 is 14.4 Å². The molecule has 2 rings (SSSR count). The number of halogens is 2. The van der Waals surface area contributed by atoms with Crippen molar-refractivity contribution in [1.29, 1.82) is 0 Å². The van der Waals surface area contributed by atoms with Gasteiger partial charge in [-0.05, 0) is 42.7 Å². The summed E-state index contributed by atoms with van der Waals surface area (Å²) in [6.07, 6.45) is 3.26. The molecule has 0 aliphatic heterocycles. The van der Waals surface area contributed by atoms with Gasteiger partial charge in [0.15, 0.2) is 0 Å². The summed E-state index contributed by atoms with van der Waals surface area (Å²) < 4.78 is 57.5. The van der Waals surface area contributed by atoms with E-state index in [2.05, 4.69) is 12.2 Å². The number of carbonyl (C=O) groups is 1. The van der Waals surface area contributed by atoms with Crippen LogP contribution in [-0.4, -0.2) is 40.3 Å². The van der Waals surface area contributed by atoms with E-state index in [9.17, 15) is 22.0 Å². The van der Waals surface area contributed by atoms with Crippen LogP contribution in [0.4, 0.5) is 14.5 Å². The van der Waals surface area contributed by atoms with Gasteiger partial charge in [-0.1, -0.05) is 25.5 Å². The summed E-state index contributed by atoms with van der Waals surface area (Å²) >= 11 is 0. The number of benzene rings is 2. The second-order valence-electron chi connectivity index (χ2n) is 7.13. The van der Waals surface area contributed by atoms with Crippen molar-refractivity contribution in [2.75, 3.05) is 30.3 Å². The summed E-state index contributed by atoms with van der Waals surface area (Å²) in [5.74, 6) is -1.32. The van der Waals surface area contributed by atoms with Crippen molar-refractivity contribution >= 4 is 21.6 Å². The minimum Gasteiger partial charge on any atom is -0.492 e. The zero-order valence-corrected chi connectivity index (χ0v) is 18.6. The van der Waals surface area contributed by atoms with Gasteiger partial charge in [-0.15, -0.1) is 0 Å². The number of ether oxygens (including phenoxy) is 1. The summed E-state index contributed by atoms with van der Waals surface area (Å²) in [7, 11) is -3.79. The van der Waals surface area contributed by atoms with Gasteiger partial charge in [-0.3, -0.25) is 9.10 Å². The van der Waals surface area contributed by atoms with E-state index in [0.717, 1.165) is 41.3 Å². The van der Waals surface area contributed by atoms with Crippen molar-refractivity contribution in [1.82, 2.24) is 5.32 Å². The van der Waals surface area contributed by atoms with Crippen LogP contribution in [0, 0.1) is 11.6 Å². The summed E-state index contributed by atoms with van der Waals surface area (Å²) in [6, 6.07) is 10.5. The van der Waals surface area contributed by atoms with Gasteiger partial charge in [-0.2, -0.15) is 0 Å². The van der Waals surface area contributed by atoms with Crippen LogP contribution in [0.15, 0.2) is 42.5 Å². The Balaban J connectivity index is 1.75. The van der Waals surface area contributed by atoms with Gasteiger partial charge in [0.25, 0.3) is 0 Å².